The predicted octanol–water partition coefficient (Wildman–Crippen LogP) is 2.37. The van der Waals surface area contributed by atoms with Crippen molar-refractivity contribution in [1.82, 2.24) is 10.3 Å². The van der Waals surface area contributed by atoms with Crippen molar-refractivity contribution in [2.24, 2.45) is 0 Å². The van der Waals surface area contributed by atoms with Crippen LogP contribution < -0.4 is 15.4 Å². The minimum atomic E-state index is -0.0917. The van der Waals surface area contributed by atoms with E-state index in [1.807, 2.05) is 38.2 Å². The molecule has 1 aromatic heterocycles. The Morgan fingerprint density at radius 1 is 1.29 bits per heavy atom. The van der Waals surface area contributed by atoms with E-state index >= 15 is 0 Å². The number of carbonyl (C=O) groups is 1. The van der Waals surface area contributed by atoms with Gasteiger partial charge in [0.25, 0.3) is 5.91 Å². The highest BCUT2D eigenvalue weighted by Gasteiger charge is 2.09. The fourth-order valence-corrected chi connectivity index (χ4v) is 1.99. The first-order valence-corrected chi connectivity index (χ1v) is 6.69. The van der Waals surface area contributed by atoms with Gasteiger partial charge in [0, 0.05) is 37.1 Å². The third-order valence-electron chi connectivity index (χ3n) is 3.22. The normalized spacial score (nSPS) is 10.0. The smallest absolute Gasteiger partial charge is 0.251 e. The van der Waals surface area contributed by atoms with Gasteiger partial charge in [0.15, 0.2) is 0 Å². The number of methoxy groups -OCH3 is 1. The molecule has 5 nitrogen and oxygen atoms in total. The number of rotatable bonds is 5. The van der Waals surface area contributed by atoms with Crippen LogP contribution in [0.2, 0.25) is 0 Å². The summed E-state index contributed by atoms with van der Waals surface area (Å²) in [7, 11) is 3.42. The Bertz CT molecular complexity index is 624. The number of nitrogens with zero attached hydrogens (tertiary/aromatic N) is 1. The Labute approximate surface area is 124 Å². The Morgan fingerprint density at radius 2 is 2.10 bits per heavy atom. The quantitative estimate of drug-likeness (QED) is 0.885. The molecular weight excluding hydrogens is 266 g/mol. The molecule has 0 aliphatic carbocycles. The van der Waals surface area contributed by atoms with E-state index in [0.717, 1.165) is 16.8 Å². The monoisotopic (exact) mass is 285 g/mol. The van der Waals surface area contributed by atoms with Gasteiger partial charge in [-0.15, -0.1) is 0 Å². The second kappa shape index (κ2) is 6.74. The van der Waals surface area contributed by atoms with Crippen LogP contribution in [-0.2, 0) is 6.54 Å². The summed E-state index contributed by atoms with van der Waals surface area (Å²) in [6, 6.07) is 9.31. The Kier molecular flexibility index (Phi) is 4.77. The number of aromatic nitrogens is 1. The highest BCUT2D eigenvalue weighted by atomic mass is 16.5. The zero-order chi connectivity index (χ0) is 15.2. The van der Waals surface area contributed by atoms with Crippen LogP contribution in [0.1, 0.15) is 21.5 Å². The summed E-state index contributed by atoms with van der Waals surface area (Å²) >= 11 is 0. The first-order valence-electron chi connectivity index (χ1n) is 6.69. The number of aryl methyl sites for hydroxylation is 1. The summed E-state index contributed by atoms with van der Waals surface area (Å²) in [5.74, 6) is 0.467. The zero-order valence-corrected chi connectivity index (χ0v) is 12.4. The largest absolute Gasteiger partial charge is 0.481 e. The summed E-state index contributed by atoms with van der Waals surface area (Å²) < 4.78 is 5.00. The van der Waals surface area contributed by atoms with Gasteiger partial charge in [-0.1, -0.05) is 6.07 Å². The van der Waals surface area contributed by atoms with Crippen molar-refractivity contribution in [2.75, 3.05) is 19.5 Å². The Morgan fingerprint density at radius 3 is 2.67 bits per heavy atom. The van der Waals surface area contributed by atoms with Crippen molar-refractivity contribution in [2.45, 2.75) is 13.5 Å². The van der Waals surface area contributed by atoms with Crippen molar-refractivity contribution in [3.05, 3.63) is 53.2 Å². The first kappa shape index (κ1) is 14.8. The van der Waals surface area contributed by atoms with E-state index < -0.39 is 0 Å². The first-order chi connectivity index (χ1) is 10.1. The molecule has 2 N–H and O–H groups in total. The molecule has 21 heavy (non-hydrogen) atoms. The fourth-order valence-electron chi connectivity index (χ4n) is 1.99. The molecular formula is C16H19N3O2. The molecule has 1 amide bonds. The van der Waals surface area contributed by atoms with E-state index in [1.165, 1.54) is 0 Å². The van der Waals surface area contributed by atoms with Crippen molar-refractivity contribution < 1.29 is 9.53 Å². The van der Waals surface area contributed by atoms with Gasteiger partial charge in [-0.05, 0) is 36.2 Å². The van der Waals surface area contributed by atoms with E-state index in [4.69, 9.17) is 4.74 Å². The standard InChI is InChI=1S/C16H19N3O2/c1-11-8-13(17-2)5-6-14(11)16(20)19-10-12-4-7-15(21-3)18-9-12/h4-9,17H,10H2,1-3H3,(H,19,20). The van der Waals surface area contributed by atoms with Gasteiger partial charge in [0.1, 0.15) is 0 Å². The number of hydrogen-bond acceptors (Lipinski definition) is 4. The Hall–Kier alpha value is -2.56. The predicted molar refractivity (Wildman–Crippen MR) is 82.7 cm³/mol. The van der Waals surface area contributed by atoms with E-state index in [-0.39, 0.29) is 5.91 Å². The molecule has 1 heterocycles. The number of ether oxygens (including phenoxy) is 1. The lowest BCUT2D eigenvalue weighted by Crippen LogP contribution is -2.23. The highest BCUT2D eigenvalue weighted by molar-refractivity contribution is 5.96. The third kappa shape index (κ3) is 3.72. The summed E-state index contributed by atoms with van der Waals surface area (Å²) in [6.45, 7) is 2.35. The topological polar surface area (TPSA) is 63.2 Å². The van der Waals surface area contributed by atoms with Gasteiger partial charge in [-0.2, -0.15) is 0 Å². The minimum Gasteiger partial charge on any atom is -0.481 e. The lowest BCUT2D eigenvalue weighted by molar-refractivity contribution is 0.0950. The second-order valence-corrected chi connectivity index (χ2v) is 4.67. The van der Waals surface area contributed by atoms with Crippen molar-refractivity contribution in [3.8, 4) is 5.88 Å². The van der Waals surface area contributed by atoms with Crippen LogP contribution in [0.5, 0.6) is 5.88 Å². The number of anilines is 1. The maximum Gasteiger partial charge on any atom is 0.251 e. The minimum absolute atomic E-state index is 0.0917. The van der Waals surface area contributed by atoms with Crippen molar-refractivity contribution in [3.63, 3.8) is 0 Å². The molecule has 0 atom stereocenters. The number of hydrogen-bond donors (Lipinski definition) is 2. The molecule has 0 bridgehead atoms. The van der Waals surface area contributed by atoms with Gasteiger partial charge < -0.3 is 15.4 Å². The molecule has 1 aromatic carbocycles. The van der Waals surface area contributed by atoms with E-state index in [9.17, 15) is 4.79 Å². The average Bonchev–Trinajstić information content (AvgIpc) is 2.52. The number of pyridine rings is 1. The van der Waals surface area contributed by atoms with Crippen LogP contribution in [0.15, 0.2) is 36.5 Å². The summed E-state index contributed by atoms with van der Waals surface area (Å²) in [6.07, 6.45) is 1.69. The molecule has 0 saturated carbocycles. The molecule has 2 rings (SSSR count). The van der Waals surface area contributed by atoms with Gasteiger partial charge in [0.2, 0.25) is 5.88 Å². The molecule has 5 heteroatoms. The maximum atomic E-state index is 12.2. The van der Waals surface area contributed by atoms with Crippen LogP contribution in [-0.4, -0.2) is 25.0 Å². The van der Waals surface area contributed by atoms with E-state index in [2.05, 4.69) is 15.6 Å². The highest BCUT2D eigenvalue weighted by Crippen LogP contribution is 2.15. The lowest BCUT2D eigenvalue weighted by atomic mass is 10.1. The van der Waals surface area contributed by atoms with Gasteiger partial charge in [0.05, 0.1) is 7.11 Å². The van der Waals surface area contributed by atoms with Crippen molar-refractivity contribution in [1.29, 1.82) is 0 Å². The van der Waals surface area contributed by atoms with Crippen LogP contribution in [0.4, 0.5) is 5.69 Å². The molecule has 110 valence electrons. The molecule has 0 radical (unpaired) electrons. The van der Waals surface area contributed by atoms with E-state index in [0.29, 0.717) is 18.0 Å². The summed E-state index contributed by atoms with van der Waals surface area (Å²) in [5.41, 5.74) is 3.53. The SMILES string of the molecule is CNc1ccc(C(=O)NCc2ccc(OC)nc2)c(C)c1. The van der Waals surface area contributed by atoms with Crippen LogP contribution in [0.3, 0.4) is 0 Å². The summed E-state index contributed by atoms with van der Waals surface area (Å²) in [5, 5.41) is 5.94. The molecule has 0 aliphatic heterocycles. The average molecular weight is 285 g/mol. The van der Waals surface area contributed by atoms with Crippen LogP contribution >= 0.6 is 0 Å². The maximum absolute atomic E-state index is 12.2. The van der Waals surface area contributed by atoms with Crippen molar-refractivity contribution >= 4 is 11.6 Å². The number of nitrogens with one attached hydrogen (secondary N) is 2. The molecule has 2 aromatic rings. The lowest BCUT2D eigenvalue weighted by Gasteiger charge is -2.09. The zero-order valence-electron chi connectivity index (χ0n) is 12.4. The molecule has 0 spiro atoms. The van der Waals surface area contributed by atoms with Gasteiger partial charge in [-0.25, -0.2) is 4.98 Å². The second-order valence-electron chi connectivity index (χ2n) is 4.67. The number of amides is 1. The molecule has 0 saturated heterocycles. The van der Waals surface area contributed by atoms with Crippen LogP contribution in [0.25, 0.3) is 0 Å². The molecule has 0 fully saturated rings. The van der Waals surface area contributed by atoms with Gasteiger partial charge in [-0.3, -0.25) is 4.79 Å². The molecule has 0 unspecified atom stereocenters. The molecule has 0 aliphatic rings. The van der Waals surface area contributed by atoms with Gasteiger partial charge >= 0.3 is 0 Å². The summed E-state index contributed by atoms with van der Waals surface area (Å²) in [4.78, 5) is 16.3. The Balaban J connectivity index is 2.00. The van der Waals surface area contributed by atoms with Crippen LogP contribution in [0, 0.1) is 6.92 Å². The third-order valence-corrected chi connectivity index (χ3v) is 3.22. The number of benzene rings is 1. The van der Waals surface area contributed by atoms with E-state index in [1.54, 1.807) is 19.4 Å². The fraction of sp³-hybridized carbons (Fsp3) is 0.250. The number of carbonyl (C=O) groups excluding carboxylic acids is 1.